The fourth-order valence-electron chi connectivity index (χ4n) is 5.41. The quantitative estimate of drug-likeness (QED) is 0.178. The number of aryl methyl sites for hydroxylation is 3. The van der Waals surface area contributed by atoms with Crippen LogP contribution in [0.4, 0.5) is 0 Å². The molecule has 0 saturated carbocycles. The lowest BCUT2D eigenvalue weighted by Gasteiger charge is -2.16. The first kappa shape index (κ1) is 16.1. The van der Waals surface area contributed by atoms with Crippen LogP contribution in [0.1, 0.15) is 11.4 Å². The number of nitrogens with zero attached hydrogens (tertiary/aromatic N) is 3. The summed E-state index contributed by atoms with van der Waals surface area (Å²) in [7, 11) is 2.14. The van der Waals surface area contributed by atoms with Crippen molar-refractivity contribution in [3.05, 3.63) is 78.1 Å². The Kier molecular flexibility index (Phi) is 2.82. The van der Waals surface area contributed by atoms with Crippen molar-refractivity contribution in [3.63, 3.8) is 0 Å². The van der Waals surface area contributed by atoms with Crippen LogP contribution < -0.4 is 4.57 Å². The first-order chi connectivity index (χ1) is 14.6. The number of rotatable bonds is 0. The molecule has 3 heterocycles. The number of pyridine rings is 1. The minimum absolute atomic E-state index is 1.03. The third-order valence-corrected chi connectivity index (χ3v) is 6.86. The van der Waals surface area contributed by atoms with Gasteiger partial charge >= 0.3 is 0 Å². The lowest BCUT2D eigenvalue weighted by atomic mass is 9.94. The summed E-state index contributed by atoms with van der Waals surface area (Å²) in [5.41, 5.74) is 7.34. The van der Waals surface area contributed by atoms with Gasteiger partial charge in [-0.2, -0.15) is 0 Å². The average molecular weight is 386 g/mol. The van der Waals surface area contributed by atoms with E-state index in [9.17, 15) is 0 Å². The Morgan fingerprint density at radius 3 is 2.40 bits per heavy atom. The van der Waals surface area contributed by atoms with E-state index in [1.807, 2.05) is 0 Å². The van der Waals surface area contributed by atoms with Crippen molar-refractivity contribution in [1.29, 1.82) is 0 Å². The summed E-state index contributed by atoms with van der Waals surface area (Å²) in [6.45, 7) is 4.33. The summed E-state index contributed by atoms with van der Waals surface area (Å²) in [5, 5.41) is 7.78. The van der Waals surface area contributed by atoms with Crippen LogP contribution in [0.5, 0.6) is 0 Å². The van der Waals surface area contributed by atoms with E-state index in [-0.39, 0.29) is 0 Å². The van der Waals surface area contributed by atoms with Gasteiger partial charge in [-0.3, -0.25) is 0 Å². The average Bonchev–Trinajstić information content (AvgIpc) is 3.09. The van der Waals surface area contributed by atoms with Crippen LogP contribution in [0.15, 0.2) is 66.7 Å². The van der Waals surface area contributed by atoms with Crippen LogP contribution in [-0.4, -0.2) is 9.38 Å². The highest BCUT2D eigenvalue weighted by Gasteiger charge is 2.27. The van der Waals surface area contributed by atoms with Crippen LogP contribution >= 0.6 is 0 Å². The fraction of sp³-hybridized carbons (Fsp3) is 0.111. The van der Waals surface area contributed by atoms with Gasteiger partial charge in [0.05, 0.1) is 23.5 Å². The van der Waals surface area contributed by atoms with Gasteiger partial charge in [-0.15, -0.1) is 0 Å². The topological polar surface area (TPSA) is 21.2 Å². The van der Waals surface area contributed by atoms with Crippen molar-refractivity contribution in [2.24, 2.45) is 7.05 Å². The van der Waals surface area contributed by atoms with Crippen LogP contribution in [0.2, 0.25) is 0 Å². The maximum Gasteiger partial charge on any atom is 0.296 e. The van der Waals surface area contributed by atoms with Gasteiger partial charge in [0.25, 0.3) is 5.82 Å². The molecular weight excluding hydrogens is 366 g/mol. The summed E-state index contributed by atoms with van der Waals surface area (Å²) in [5.74, 6) is 1.03. The summed E-state index contributed by atoms with van der Waals surface area (Å²) in [4.78, 5) is 5.04. The SMILES string of the molecule is Cc1ccc2c3ccccc3cc3c2c1c1c2c(nc(C)[n+]1C)c1ccccc1n32. The van der Waals surface area contributed by atoms with E-state index in [0.29, 0.717) is 0 Å². The Balaban J connectivity index is 2.01. The van der Waals surface area contributed by atoms with Gasteiger partial charge in [0, 0.05) is 17.7 Å². The number of hydrogen-bond donors (Lipinski definition) is 0. The van der Waals surface area contributed by atoms with Gasteiger partial charge in [-0.25, -0.2) is 4.57 Å². The predicted octanol–water partition coefficient (Wildman–Crippen LogP) is 5.98. The van der Waals surface area contributed by atoms with E-state index in [1.54, 1.807) is 0 Å². The third-order valence-electron chi connectivity index (χ3n) is 6.86. The van der Waals surface area contributed by atoms with Crippen molar-refractivity contribution in [3.8, 4) is 0 Å². The molecule has 3 heteroatoms. The summed E-state index contributed by atoms with van der Waals surface area (Å²) in [6.07, 6.45) is 0. The zero-order valence-corrected chi connectivity index (χ0v) is 17.2. The standard InChI is InChI=1S/C27H20N3/c1-15-12-13-19-18-9-5-4-8-17(18)14-22-24(19)23(15)26-27-25(28-16(2)29(26)3)20-10-6-7-11-21(20)30(22)27/h4-14H,1-3H3/q+1. The minimum atomic E-state index is 1.03. The molecule has 7 aromatic rings. The van der Waals surface area contributed by atoms with E-state index in [0.717, 1.165) is 11.3 Å². The molecule has 0 aliphatic heterocycles. The molecule has 0 saturated heterocycles. The van der Waals surface area contributed by atoms with Crippen molar-refractivity contribution < 1.29 is 4.57 Å². The molecule has 3 nitrogen and oxygen atoms in total. The molecule has 4 aromatic carbocycles. The third kappa shape index (κ3) is 1.73. The maximum atomic E-state index is 5.04. The summed E-state index contributed by atoms with van der Waals surface area (Å²) >= 11 is 0. The Labute approximate surface area is 173 Å². The fourth-order valence-corrected chi connectivity index (χ4v) is 5.41. The number of fused-ring (bicyclic) bond motifs is 7. The van der Waals surface area contributed by atoms with E-state index in [4.69, 9.17) is 4.98 Å². The lowest BCUT2D eigenvalue weighted by Crippen LogP contribution is -2.34. The molecule has 0 unspecified atom stereocenters. The van der Waals surface area contributed by atoms with Crippen molar-refractivity contribution in [1.82, 2.24) is 9.38 Å². The molecule has 0 atom stereocenters. The lowest BCUT2D eigenvalue weighted by molar-refractivity contribution is -0.653. The first-order valence-corrected chi connectivity index (χ1v) is 10.4. The molecule has 0 aliphatic rings. The molecule has 0 aliphatic carbocycles. The Bertz CT molecular complexity index is 1820. The van der Waals surface area contributed by atoms with Crippen molar-refractivity contribution in [2.75, 3.05) is 0 Å². The van der Waals surface area contributed by atoms with E-state index < -0.39 is 0 Å². The molecule has 0 radical (unpaired) electrons. The van der Waals surface area contributed by atoms with E-state index in [1.165, 1.54) is 59.9 Å². The molecular formula is C27H20N3+. The smallest absolute Gasteiger partial charge is 0.296 e. The Morgan fingerprint density at radius 2 is 1.53 bits per heavy atom. The van der Waals surface area contributed by atoms with Gasteiger partial charge < -0.3 is 4.40 Å². The van der Waals surface area contributed by atoms with Crippen LogP contribution in [-0.2, 0) is 7.05 Å². The number of benzene rings is 4. The molecule has 0 spiro atoms. The largest absolute Gasteiger partial charge is 0.301 e. The van der Waals surface area contributed by atoms with Crippen molar-refractivity contribution >= 4 is 59.9 Å². The molecule has 0 amide bonds. The molecule has 7 rings (SSSR count). The Morgan fingerprint density at radius 1 is 0.767 bits per heavy atom. The molecule has 142 valence electrons. The minimum Gasteiger partial charge on any atom is -0.301 e. The first-order valence-electron chi connectivity index (χ1n) is 10.4. The second kappa shape index (κ2) is 5.25. The second-order valence-corrected chi connectivity index (χ2v) is 8.41. The highest BCUT2D eigenvalue weighted by atomic mass is 15.1. The maximum absolute atomic E-state index is 5.04. The zero-order chi connectivity index (χ0) is 20.1. The normalized spacial score (nSPS) is 12.5. The molecule has 0 fully saturated rings. The number of aromatic nitrogens is 3. The zero-order valence-electron chi connectivity index (χ0n) is 17.2. The van der Waals surface area contributed by atoms with E-state index in [2.05, 4.69) is 96.6 Å². The second-order valence-electron chi connectivity index (χ2n) is 8.41. The summed E-state index contributed by atoms with van der Waals surface area (Å²) in [6, 6.07) is 24.3. The Hall–Kier alpha value is -3.72. The monoisotopic (exact) mass is 386 g/mol. The molecule has 3 aromatic heterocycles. The van der Waals surface area contributed by atoms with Gasteiger partial charge in [0.2, 0.25) is 5.52 Å². The van der Waals surface area contributed by atoms with E-state index >= 15 is 0 Å². The molecule has 0 N–H and O–H groups in total. The summed E-state index contributed by atoms with van der Waals surface area (Å²) < 4.78 is 4.70. The van der Waals surface area contributed by atoms with Gasteiger partial charge in [0.1, 0.15) is 5.52 Å². The number of hydrogen-bond acceptors (Lipinski definition) is 1. The molecule has 30 heavy (non-hydrogen) atoms. The van der Waals surface area contributed by atoms with Gasteiger partial charge in [0.15, 0.2) is 5.52 Å². The van der Waals surface area contributed by atoms with Crippen molar-refractivity contribution in [2.45, 2.75) is 13.8 Å². The predicted molar refractivity (Wildman–Crippen MR) is 125 cm³/mol. The van der Waals surface area contributed by atoms with Crippen LogP contribution in [0.25, 0.3) is 59.9 Å². The van der Waals surface area contributed by atoms with Gasteiger partial charge in [-0.1, -0.05) is 48.5 Å². The highest BCUT2D eigenvalue weighted by Crippen LogP contribution is 2.41. The molecule has 0 bridgehead atoms. The van der Waals surface area contributed by atoms with Crippen LogP contribution in [0, 0.1) is 13.8 Å². The van der Waals surface area contributed by atoms with Crippen LogP contribution in [0.3, 0.4) is 0 Å². The van der Waals surface area contributed by atoms with Gasteiger partial charge in [-0.05, 0) is 51.8 Å². The highest BCUT2D eigenvalue weighted by molar-refractivity contribution is 6.29. The number of para-hydroxylation sites is 1.